The number of aliphatic carboxylic acids is 1. The number of aromatic nitrogens is 1. The summed E-state index contributed by atoms with van der Waals surface area (Å²) < 4.78 is 0. The minimum Gasteiger partial charge on any atom is -0.481 e. The molecule has 0 aliphatic rings. The molecule has 106 valence electrons. The molecule has 0 bridgehead atoms. The third-order valence-electron chi connectivity index (χ3n) is 2.40. The first kappa shape index (κ1) is 15.4. The van der Waals surface area contributed by atoms with E-state index in [4.69, 9.17) is 5.11 Å². The number of carboxylic acid groups (broad SMARTS) is 1. The van der Waals surface area contributed by atoms with Gasteiger partial charge in [0.15, 0.2) is 0 Å². The number of carbonyl (C=O) groups is 2. The van der Waals surface area contributed by atoms with Crippen LogP contribution in [0, 0.1) is 6.92 Å². The Morgan fingerprint density at radius 3 is 2.63 bits per heavy atom. The summed E-state index contributed by atoms with van der Waals surface area (Å²) in [6.45, 7) is 7.06. The van der Waals surface area contributed by atoms with E-state index in [-0.39, 0.29) is 12.5 Å². The van der Waals surface area contributed by atoms with E-state index in [9.17, 15) is 9.59 Å². The van der Waals surface area contributed by atoms with Crippen molar-refractivity contribution >= 4 is 23.3 Å². The molecule has 0 aliphatic carbocycles. The zero-order valence-corrected chi connectivity index (χ0v) is 12.3. The Bertz CT molecular complexity index is 471. The van der Waals surface area contributed by atoms with Crippen molar-refractivity contribution in [3.63, 3.8) is 0 Å². The van der Waals surface area contributed by atoms with Gasteiger partial charge < -0.3 is 15.7 Å². The molecule has 0 radical (unpaired) electrons. The van der Waals surface area contributed by atoms with Crippen LogP contribution in [0.25, 0.3) is 0 Å². The summed E-state index contributed by atoms with van der Waals surface area (Å²) in [4.78, 5) is 26.7. The number of carboxylic acids is 1. The maximum Gasteiger partial charge on any atom is 0.315 e. The number of hydrogen-bond donors (Lipinski definition) is 3. The standard InChI is InChI=1S/C12H19N3O3S/c1-7-6-19-10(13-7)8(2)14-11(18)15-12(3,4)5-9(16)17/h6,8H,5H2,1-4H3,(H,16,17)(H2,14,15,18). The van der Waals surface area contributed by atoms with Crippen LogP contribution >= 0.6 is 11.3 Å². The molecule has 3 N–H and O–H groups in total. The van der Waals surface area contributed by atoms with Gasteiger partial charge in [0.2, 0.25) is 0 Å². The van der Waals surface area contributed by atoms with Crippen LogP contribution in [0.5, 0.6) is 0 Å². The van der Waals surface area contributed by atoms with Gasteiger partial charge >= 0.3 is 12.0 Å². The van der Waals surface area contributed by atoms with Crippen molar-refractivity contribution in [3.8, 4) is 0 Å². The zero-order valence-electron chi connectivity index (χ0n) is 11.5. The molecule has 0 saturated heterocycles. The highest BCUT2D eigenvalue weighted by atomic mass is 32.1. The summed E-state index contributed by atoms with van der Waals surface area (Å²) in [6.07, 6.45) is -0.134. The number of nitrogens with one attached hydrogen (secondary N) is 2. The molecule has 0 saturated carbocycles. The normalized spacial score (nSPS) is 12.8. The highest BCUT2D eigenvalue weighted by Crippen LogP contribution is 2.17. The van der Waals surface area contributed by atoms with Crippen molar-refractivity contribution in [3.05, 3.63) is 16.1 Å². The maximum atomic E-state index is 11.8. The first-order valence-corrected chi connectivity index (χ1v) is 6.80. The molecule has 0 aliphatic heterocycles. The van der Waals surface area contributed by atoms with Gasteiger partial charge in [-0.2, -0.15) is 0 Å². The molecule has 1 heterocycles. The highest BCUT2D eigenvalue weighted by Gasteiger charge is 2.24. The summed E-state index contributed by atoms with van der Waals surface area (Å²) in [6, 6.07) is -0.606. The number of hydrogen-bond acceptors (Lipinski definition) is 4. The van der Waals surface area contributed by atoms with Gasteiger partial charge in [-0.05, 0) is 27.7 Å². The molecule has 1 rings (SSSR count). The molecule has 1 aromatic heterocycles. The Morgan fingerprint density at radius 1 is 1.53 bits per heavy atom. The average molecular weight is 285 g/mol. The average Bonchev–Trinajstić information content (AvgIpc) is 2.61. The molecule has 2 amide bonds. The van der Waals surface area contributed by atoms with Crippen molar-refractivity contribution in [1.29, 1.82) is 0 Å². The highest BCUT2D eigenvalue weighted by molar-refractivity contribution is 7.09. The van der Waals surface area contributed by atoms with Crippen LogP contribution in [-0.2, 0) is 4.79 Å². The molecular weight excluding hydrogens is 266 g/mol. The first-order valence-electron chi connectivity index (χ1n) is 5.92. The number of carbonyl (C=O) groups excluding carboxylic acids is 1. The van der Waals surface area contributed by atoms with E-state index in [1.807, 2.05) is 19.2 Å². The summed E-state index contributed by atoms with van der Waals surface area (Å²) in [5, 5.41) is 16.9. The summed E-state index contributed by atoms with van der Waals surface area (Å²) >= 11 is 1.48. The van der Waals surface area contributed by atoms with Gasteiger partial charge in [0.25, 0.3) is 0 Å². The molecule has 0 fully saturated rings. The zero-order chi connectivity index (χ0) is 14.6. The van der Waals surface area contributed by atoms with Gasteiger partial charge in [0, 0.05) is 16.6 Å². The van der Waals surface area contributed by atoms with E-state index in [1.165, 1.54) is 11.3 Å². The van der Waals surface area contributed by atoms with E-state index in [0.29, 0.717) is 0 Å². The topological polar surface area (TPSA) is 91.3 Å². The molecular formula is C12H19N3O3S. The lowest BCUT2D eigenvalue weighted by Crippen LogP contribution is -2.49. The van der Waals surface area contributed by atoms with Crippen LogP contribution in [0.1, 0.15) is 43.9 Å². The smallest absolute Gasteiger partial charge is 0.315 e. The van der Waals surface area contributed by atoms with Crippen molar-refractivity contribution in [2.75, 3.05) is 0 Å². The summed E-state index contributed by atoms with van der Waals surface area (Å²) in [5.74, 6) is -0.950. The van der Waals surface area contributed by atoms with Crippen molar-refractivity contribution < 1.29 is 14.7 Å². The van der Waals surface area contributed by atoms with Gasteiger partial charge in [-0.3, -0.25) is 4.79 Å². The summed E-state index contributed by atoms with van der Waals surface area (Å²) in [7, 11) is 0. The second-order valence-corrected chi connectivity index (χ2v) is 5.99. The number of nitrogens with zero attached hydrogens (tertiary/aromatic N) is 1. The lowest BCUT2D eigenvalue weighted by atomic mass is 10.0. The Hall–Kier alpha value is -1.63. The second-order valence-electron chi connectivity index (χ2n) is 5.10. The molecule has 0 spiro atoms. The van der Waals surface area contributed by atoms with Crippen LogP contribution in [0.4, 0.5) is 4.79 Å². The predicted octanol–water partition coefficient (Wildman–Crippen LogP) is 2.07. The Kier molecular flexibility index (Phi) is 4.88. The fourth-order valence-corrected chi connectivity index (χ4v) is 2.40. The lowest BCUT2D eigenvalue weighted by molar-refractivity contribution is -0.138. The quantitative estimate of drug-likeness (QED) is 0.772. The minimum absolute atomic E-state index is 0.134. The van der Waals surface area contributed by atoms with Crippen molar-refractivity contribution in [2.45, 2.75) is 45.7 Å². The van der Waals surface area contributed by atoms with Gasteiger partial charge in [0.05, 0.1) is 12.5 Å². The van der Waals surface area contributed by atoms with Crippen LogP contribution in [0.3, 0.4) is 0 Å². The largest absolute Gasteiger partial charge is 0.481 e. The molecule has 7 heteroatoms. The van der Waals surface area contributed by atoms with Gasteiger partial charge in [-0.25, -0.2) is 9.78 Å². The van der Waals surface area contributed by atoms with Crippen LogP contribution in [-0.4, -0.2) is 27.6 Å². The predicted molar refractivity (Wildman–Crippen MR) is 73.3 cm³/mol. The third kappa shape index (κ3) is 5.25. The van der Waals surface area contributed by atoms with E-state index in [0.717, 1.165) is 10.7 Å². The molecule has 1 unspecified atom stereocenters. The monoisotopic (exact) mass is 285 g/mol. The van der Waals surface area contributed by atoms with Crippen LogP contribution < -0.4 is 10.6 Å². The van der Waals surface area contributed by atoms with Crippen molar-refractivity contribution in [2.24, 2.45) is 0 Å². The van der Waals surface area contributed by atoms with E-state index >= 15 is 0 Å². The molecule has 0 aromatic carbocycles. The number of thiazole rings is 1. The Balaban J connectivity index is 2.53. The third-order valence-corrected chi connectivity index (χ3v) is 3.55. The number of urea groups is 1. The molecule has 19 heavy (non-hydrogen) atoms. The number of amides is 2. The maximum absolute atomic E-state index is 11.8. The molecule has 6 nitrogen and oxygen atoms in total. The SMILES string of the molecule is Cc1csc(C(C)NC(=O)NC(C)(C)CC(=O)O)n1. The number of aryl methyl sites for hydroxylation is 1. The van der Waals surface area contributed by atoms with Crippen LogP contribution in [0.15, 0.2) is 5.38 Å². The fraction of sp³-hybridized carbons (Fsp3) is 0.583. The lowest BCUT2D eigenvalue weighted by Gasteiger charge is -2.25. The Morgan fingerprint density at radius 2 is 2.16 bits per heavy atom. The molecule has 1 aromatic rings. The van der Waals surface area contributed by atoms with Gasteiger partial charge in [-0.15, -0.1) is 11.3 Å². The molecule has 1 atom stereocenters. The van der Waals surface area contributed by atoms with Crippen molar-refractivity contribution in [1.82, 2.24) is 15.6 Å². The number of rotatable bonds is 5. The van der Waals surface area contributed by atoms with Gasteiger partial charge in [-0.1, -0.05) is 0 Å². The minimum atomic E-state index is -0.950. The Labute approximate surface area is 116 Å². The first-order chi connectivity index (χ1) is 8.69. The second kappa shape index (κ2) is 6.01. The van der Waals surface area contributed by atoms with Gasteiger partial charge in [0.1, 0.15) is 5.01 Å². The fourth-order valence-electron chi connectivity index (χ4n) is 1.60. The van der Waals surface area contributed by atoms with Crippen LogP contribution in [0.2, 0.25) is 0 Å². The van der Waals surface area contributed by atoms with E-state index in [2.05, 4.69) is 15.6 Å². The summed E-state index contributed by atoms with van der Waals surface area (Å²) in [5.41, 5.74) is 0.120. The van der Waals surface area contributed by atoms with E-state index < -0.39 is 17.5 Å². The van der Waals surface area contributed by atoms with E-state index in [1.54, 1.807) is 13.8 Å².